The normalized spacial score (nSPS) is 18.7. The van der Waals surface area contributed by atoms with E-state index in [2.05, 4.69) is 5.32 Å². The molecule has 36 heavy (non-hydrogen) atoms. The number of halogens is 4. The summed E-state index contributed by atoms with van der Waals surface area (Å²) in [6.45, 7) is -0.00408. The summed E-state index contributed by atoms with van der Waals surface area (Å²) >= 11 is 5.94. The summed E-state index contributed by atoms with van der Waals surface area (Å²) in [7, 11) is -2.45. The molecule has 1 amide bonds. The van der Waals surface area contributed by atoms with Gasteiger partial charge in [-0.05, 0) is 42.0 Å². The molecule has 2 unspecified atom stereocenters. The maximum atomic E-state index is 13.3. The van der Waals surface area contributed by atoms with Crippen molar-refractivity contribution in [1.82, 2.24) is 9.62 Å². The Labute approximate surface area is 211 Å². The first-order chi connectivity index (χ1) is 17.0. The van der Waals surface area contributed by atoms with Gasteiger partial charge in [-0.2, -0.15) is 17.5 Å². The first kappa shape index (κ1) is 26.0. The minimum absolute atomic E-state index is 0.0583. The number of nitrogens with zero attached hydrogens (tertiary/aromatic N) is 1. The summed E-state index contributed by atoms with van der Waals surface area (Å²) in [6, 6.07) is 17.3. The maximum absolute atomic E-state index is 13.3. The smallest absolute Gasteiger partial charge is 0.417 e. The van der Waals surface area contributed by atoms with E-state index in [9.17, 15) is 26.4 Å². The number of hydrogen-bond acceptors (Lipinski definition) is 4. The molecule has 3 aromatic rings. The number of carbonyl (C=O) groups excluding carboxylic acids is 1. The average Bonchev–Trinajstić information content (AvgIpc) is 3.28. The highest BCUT2D eigenvalue weighted by molar-refractivity contribution is 7.89. The van der Waals surface area contributed by atoms with Gasteiger partial charge >= 0.3 is 6.18 Å². The summed E-state index contributed by atoms with van der Waals surface area (Å²) in [4.78, 5) is 13.1. The second kappa shape index (κ2) is 10.1. The van der Waals surface area contributed by atoms with Crippen molar-refractivity contribution in [2.75, 3.05) is 20.2 Å². The van der Waals surface area contributed by atoms with Crippen LogP contribution in [0.4, 0.5) is 13.2 Å². The number of alkyl halides is 3. The highest BCUT2D eigenvalue weighted by Gasteiger charge is 2.41. The molecule has 0 radical (unpaired) electrons. The van der Waals surface area contributed by atoms with Crippen molar-refractivity contribution in [1.29, 1.82) is 0 Å². The second-order valence-electron chi connectivity index (χ2n) is 8.26. The van der Waals surface area contributed by atoms with Gasteiger partial charge in [0.15, 0.2) is 0 Å². The molecule has 2 atom stereocenters. The van der Waals surface area contributed by atoms with Crippen LogP contribution in [0.3, 0.4) is 0 Å². The fourth-order valence-corrected chi connectivity index (χ4v) is 6.03. The van der Waals surface area contributed by atoms with Crippen LogP contribution in [0.5, 0.6) is 5.75 Å². The molecule has 6 nitrogen and oxygen atoms in total. The number of hydrogen-bond donors (Lipinski definition) is 1. The molecule has 1 aliphatic rings. The highest BCUT2D eigenvalue weighted by Crippen LogP contribution is 2.37. The Morgan fingerprint density at radius 3 is 2.28 bits per heavy atom. The fourth-order valence-electron chi connectivity index (χ4n) is 4.22. The van der Waals surface area contributed by atoms with Crippen molar-refractivity contribution in [2.24, 2.45) is 0 Å². The number of methoxy groups -OCH3 is 1. The van der Waals surface area contributed by atoms with Gasteiger partial charge in [-0.3, -0.25) is 4.79 Å². The van der Waals surface area contributed by atoms with Gasteiger partial charge in [-0.25, -0.2) is 8.42 Å². The van der Waals surface area contributed by atoms with Crippen LogP contribution in [0.15, 0.2) is 77.7 Å². The van der Waals surface area contributed by atoms with E-state index >= 15 is 0 Å². The lowest BCUT2D eigenvalue weighted by Crippen LogP contribution is -2.40. The summed E-state index contributed by atoms with van der Waals surface area (Å²) in [5.74, 6) is -0.755. The molecule has 1 saturated heterocycles. The number of nitrogens with one attached hydrogen (secondary N) is 1. The molecule has 1 heterocycles. The SMILES string of the molecule is COc1ccc(S(=O)(=O)N2CC(NC(=O)c3cccc(C(F)(F)F)c3Cl)C(c3ccccc3)C2)cc1. The summed E-state index contributed by atoms with van der Waals surface area (Å²) in [6.07, 6.45) is -4.73. The molecule has 11 heteroatoms. The van der Waals surface area contributed by atoms with Gasteiger partial charge < -0.3 is 10.1 Å². The van der Waals surface area contributed by atoms with Crippen molar-refractivity contribution < 1.29 is 31.1 Å². The monoisotopic (exact) mass is 538 g/mol. The number of sulfonamides is 1. The van der Waals surface area contributed by atoms with Gasteiger partial charge in [0.1, 0.15) is 5.75 Å². The third-order valence-electron chi connectivity index (χ3n) is 6.08. The van der Waals surface area contributed by atoms with Crippen LogP contribution in [0.25, 0.3) is 0 Å². The average molecular weight is 539 g/mol. The molecule has 0 spiro atoms. The Balaban J connectivity index is 1.64. The van der Waals surface area contributed by atoms with Crippen molar-refractivity contribution in [3.8, 4) is 5.75 Å². The van der Waals surface area contributed by atoms with Gasteiger partial charge in [-0.15, -0.1) is 0 Å². The van der Waals surface area contributed by atoms with E-state index in [-0.39, 0.29) is 23.5 Å². The molecular formula is C25H22ClF3N2O4S. The van der Waals surface area contributed by atoms with Crippen LogP contribution in [0.1, 0.15) is 27.4 Å². The van der Waals surface area contributed by atoms with E-state index in [1.807, 2.05) is 12.1 Å². The van der Waals surface area contributed by atoms with E-state index in [4.69, 9.17) is 16.3 Å². The number of amides is 1. The second-order valence-corrected chi connectivity index (χ2v) is 10.6. The number of carbonyl (C=O) groups is 1. The summed E-state index contributed by atoms with van der Waals surface area (Å²) in [5, 5.41) is 2.01. The minimum atomic E-state index is -4.73. The van der Waals surface area contributed by atoms with Gasteiger partial charge in [0, 0.05) is 19.0 Å². The number of rotatable bonds is 6. The highest BCUT2D eigenvalue weighted by atomic mass is 35.5. The van der Waals surface area contributed by atoms with E-state index in [0.29, 0.717) is 5.75 Å². The third-order valence-corrected chi connectivity index (χ3v) is 8.33. The molecular weight excluding hydrogens is 517 g/mol. The van der Waals surface area contributed by atoms with Crippen LogP contribution in [0, 0.1) is 0 Å². The van der Waals surface area contributed by atoms with Crippen molar-refractivity contribution in [3.63, 3.8) is 0 Å². The quantitative estimate of drug-likeness (QED) is 0.482. The zero-order chi connectivity index (χ0) is 26.1. The van der Waals surface area contributed by atoms with Crippen molar-refractivity contribution in [3.05, 3.63) is 94.5 Å². The Kier molecular flexibility index (Phi) is 7.31. The lowest BCUT2D eigenvalue weighted by Gasteiger charge is -2.21. The van der Waals surface area contributed by atoms with Crippen LogP contribution in [-0.2, 0) is 16.2 Å². The standard InChI is InChI=1S/C25H22ClF3N2O4S/c1-35-17-10-12-18(13-11-17)36(33,34)31-14-20(16-6-3-2-4-7-16)22(15-31)30-24(32)19-8-5-9-21(23(19)26)25(27,28)29/h2-13,20,22H,14-15H2,1H3,(H,30,32). The Hall–Kier alpha value is -3.08. The lowest BCUT2D eigenvalue weighted by atomic mass is 9.94. The molecule has 190 valence electrons. The predicted octanol–water partition coefficient (Wildman–Crippen LogP) is 4.95. The van der Waals surface area contributed by atoms with Crippen LogP contribution in [-0.4, -0.2) is 44.9 Å². The third kappa shape index (κ3) is 5.21. The van der Waals surface area contributed by atoms with Crippen molar-refractivity contribution >= 4 is 27.5 Å². The minimum Gasteiger partial charge on any atom is -0.497 e. The summed E-state index contributed by atoms with van der Waals surface area (Å²) in [5.41, 5.74) is -0.674. The first-order valence-electron chi connectivity index (χ1n) is 10.9. The molecule has 0 bridgehead atoms. The van der Waals surface area contributed by atoms with E-state index < -0.39 is 44.7 Å². The van der Waals surface area contributed by atoms with Gasteiger partial charge in [-0.1, -0.05) is 48.0 Å². The Morgan fingerprint density at radius 1 is 1.00 bits per heavy atom. The Bertz CT molecular complexity index is 1350. The fraction of sp³-hybridized carbons (Fsp3) is 0.240. The van der Waals surface area contributed by atoms with E-state index in [1.165, 1.54) is 41.7 Å². The molecule has 0 aliphatic carbocycles. The van der Waals surface area contributed by atoms with E-state index in [0.717, 1.165) is 17.7 Å². The Morgan fingerprint density at radius 2 is 1.67 bits per heavy atom. The lowest BCUT2D eigenvalue weighted by molar-refractivity contribution is -0.137. The maximum Gasteiger partial charge on any atom is 0.417 e. The van der Waals surface area contributed by atoms with Crippen LogP contribution in [0.2, 0.25) is 5.02 Å². The van der Waals surface area contributed by atoms with E-state index in [1.54, 1.807) is 18.2 Å². The zero-order valence-corrected chi connectivity index (χ0v) is 20.6. The number of ether oxygens (including phenoxy) is 1. The molecule has 1 N–H and O–H groups in total. The van der Waals surface area contributed by atoms with Gasteiger partial charge in [0.05, 0.1) is 34.2 Å². The van der Waals surface area contributed by atoms with Gasteiger partial charge in [0.2, 0.25) is 10.0 Å². The zero-order valence-electron chi connectivity index (χ0n) is 19.0. The van der Waals surface area contributed by atoms with Crippen LogP contribution < -0.4 is 10.1 Å². The van der Waals surface area contributed by atoms with Crippen LogP contribution >= 0.6 is 11.6 Å². The molecule has 4 rings (SSSR count). The van der Waals surface area contributed by atoms with Crippen molar-refractivity contribution in [2.45, 2.75) is 23.0 Å². The molecule has 1 fully saturated rings. The first-order valence-corrected chi connectivity index (χ1v) is 12.7. The van der Waals surface area contributed by atoms with Gasteiger partial charge in [0.25, 0.3) is 5.91 Å². The summed E-state index contributed by atoms with van der Waals surface area (Å²) < 4.78 is 72.9. The molecule has 1 aliphatic heterocycles. The topological polar surface area (TPSA) is 75.7 Å². The largest absolute Gasteiger partial charge is 0.497 e. The molecule has 0 saturated carbocycles. The predicted molar refractivity (Wildman–Crippen MR) is 129 cm³/mol. The molecule has 0 aromatic heterocycles. The molecule has 3 aromatic carbocycles. The number of benzene rings is 3.